The molecule has 0 aliphatic carbocycles. The first-order valence-electron chi connectivity index (χ1n) is 3.36. The van der Waals surface area contributed by atoms with Gasteiger partial charge in [0.2, 0.25) is 0 Å². The van der Waals surface area contributed by atoms with Crippen molar-refractivity contribution in [3.63, 3.8) is 0 Å². The van der Waals surface area contributed by atoms with E-state index in [1.54, 1.807) is 7.11 Å². The summed E-state index contributed by atoms with van der Waals surface area (Å²) in [6.45, 7) is 4.05. The molecular formula is C8H14O2S. The highest BCUT2D eigenvalue weighted by Gasteiger charge is 1.93. The lowest BCUT2D eigenvalue weighted by atomic mass is 10.4. The van der Waals surface area contributed by atoms with Crippen LogP contribution in [0, 0.1) is 0 Å². The fourth-order valence-corrected chi connectivity index (χ4v) is 0.710. The first kappa shape index (κ1) is 10.6. The highest BCUT2D eigenvalue weighted by Crippen LogP contribution is 2.10. The van der Waals surface area contributed by atoms with Crippen molar-refractivity contribution < 1.29 is 9.47 Å². The van der Waals surface area contributed by atoms with E-state index in [1.807, 2.05) is 26.0 Å². The van der Waals surface area contributed by atoms with Crippen LogP contribution in [0.4, 0.5) is 0 Å². The molecule has 0 saturated carbocycles. The second-order valence-corrected chi connectivity index (χ2v) is 2.47. The predicted octanol–water partition coefficient (Wildman–Crippen LogP) is 2.34. The number of rotatable bonds is 4. The van der Waals surface area contributed by atoms with Gasteiger partial charge in [-0.25, -0.2) is 0 Å². The van der Waals surface area contributed by atoms with Crippen LogP contribution in [-0.4, -0.2) is 13.9 Å². The lowest BCUT2D eigenvalue weighted by Crippen LogP contribution is -1.94. The van der Waals surface area contributed by atoms with Gasteiger partial charge in [-0.3, -0.25) is 0 Å². The predicted molar refractivity (Wildman–Crippen MR) is 49.5 cm³/mol. The molecule has 0 radical (unpaired) electrons. The quantitative estimate of drug-likeness (QED) is 0.305. The molecule has 0 unspecified atom stereocenters. The molecule has 0 saturated heterocycles. The summed E-state index contributed by atoms with van der Waals surface area (Å²) in [5.74, 6) is 0.772. The van der Waals surface area contributed by atoms with Gasteiger partial charge in [-0.05, 0) is 19.9 Å². The Kier molecular flexibility index (Phi) is 6.07. The summed E-state index contributed by atoms with van der Waals surface area (Å²) in [5, 5.41) is 0. The van der Waals surface area contributed by atoms with Gasteiger partial charge < -0.3 is 9.47 Å². The van der Waals surface area contributed by atoms with Crippen LogP contribution >= 0.6 is 12.6 Å². The Morgan fingerprint density at radius 3 is 2.64 bits per heavy atom. The van der Waals surface area contributed by atoms with Gasteiger partial charge in [0.25, 0.3) is 0 Å². The standard InChI is InChI=1S/C8H14O2S/c1-4-5-8(11)7(2)10-6-9-3/h4-5,11H,6H2,1-3H3/b5-4-,8-7+. The van der Waals surface area contributed by atoms with E-state index in [-0.39, 0.29) is 6.79 Å². The molecule has 0 N–H and O–H groups in total. The molecule has 0 spiro atoms. The number of ether oxygens (including phenoxy) is 2. The number of hydrogen-bond donors (Lipinski definition) is 1. The average Bonchev–Trinajstić information content (AvgIpc) is 2.00. The second kappa shape index (κ2) is 6.31. The zero-order valence-corrected chi connectivity index (χ0v) is 8.02. The van der Waals surface area contributed by atoms with Crippen LogP contribution in [0.15, 0.2) is 22.8 Å². The van der Waals surface area contributed by atoms with Gasteiger partial charge in [-0.1, -0.05) is 6.08 Å². The minimum absolute atomic E-state index is 0.271. The molecule has 0 rings (SSSR count). The van der Waals surface area contributed by atoms with Crippen molar-refractivity contribution in [3.8, 4) is 0 Å². The van der Waals surface area contributed by atoms with Gasteiger partial charge in [0.05, 0.1) is 0 Å². The Bertz CT molecular complexity index is 161. The van der Waals surface area contributed by atoms with Crippen molar-refractivity contribution in [1.82, 2.24) is 0 Å². The normalized spacial score (nSPS) is 13.5. The van der Waals surface area contributed by atoms with Crippen molar-refractivity contribution in [1.29, 1.82) is 0 Å². The summed E-state index contributed by atoms with van der Waals surface area (Å²) in [6.07, 6.45) is 3.77. The third-order valence-electron chi connectivity index (χ3n) is 1.08. The van der Waals surface area contributed by atoms with Gasteiger partial charge >= 0.3 is 0 Å². The lowest BCUT2D eigenvalue weighted by Gasteiger charge is -2.05. The number of hydrogen-bond acceptors (Lipinski definition) is 3. The van der Waals surface area contributed by atoms with Gasteiger partial charge in [0.15, 0.2) is 6.79 Å². The maximum atomic E-state index is 5.14. The highest BCUT2D eigenvalue weighted by atomic mass is 32.1. The fraction of sp³-hybridized carbons (Fsp3) is 0.500. The lowest BCUT2D eigenvalue weighted by molar-refractivity contribution is 0.00599. The highest BCUT2D eigenvalue weighted by molar-refractivity contribution is 7.84. The van der Waals surface area contributed by atoms with Crippen LogP contribution in [0.1, 0.15) is 13.8 Å². The number of methoxy groups -OCH3 is 1. The summed E-state index contributed by atoms with van der Waals surface area (Å²) >= 11 is 4.19. The largest absolute Gasteiger partial charge is 0.471 e. The van der Waals surface area contributed by atoms with Crippen molar-refractivity contribution >= 4 is 12.6 Å². The molecule has 0 atom stereocenters. The number of allylic oxidation sites excluding steroid dienone is 3. The van der Waals surface area contributed by atoms with Crippen LogP contribution in [0.3, 0.4) is 0 Å². The molecular weight excluding hydrogens is 160 g/mol. The second-order valence-electron chi connectivity index (χ2n) is 1.99. The summed E-state index contributed by atoms with van der Waals surface area (Å²) in [5.41, 5.74) is 0. The molecule has 0 aromatic heterocycles. The van der Waals surface area contributed by atoms with Gasteiger partial charge in [0.1, 0.15) is 5.76 Å². The maximum absolute atomic E-state index is 5.14. The molecule has 0 bridgehead atoms. The van der Waals surface area contributed by atoms with Gasteiger partial charge in [0, 0.05) is 12.0 Å². The smallest absolute Gasteiger partial charge is 0.188 e. The molecule has 0 amide bonds. The van der Waals surface area contributed by atoms with Crippen LogP contribution in [0.25, 0.3) is 0 Å². The van der Waals surface area contributed by atoms with E-state index in [2.05, 4.69) is 12.6 Å². The van der Waals surface area contributed by atoms with E-state index in [4.69, 9.17) is 9.47 Å². The van der Waals surface area contributed by atoms with Crippen LogP contribution in [0.5, 0.6) is 0 Å². The Balaban J connectivity index is 3.94. The average molecular weight is 174 g/mol. The van der Waals surface area contributed by atoms with Crippen LogP contribution in [-0.2, 0) is 9.47 Å². The van der Waals surface area contributed by atoms with Crippen molar-refractivity contribution in [2.75, 3.05) is 13.9 Å². The van der Waals surface area contributed by atoms with Gasteiger partial charge in [-0.15, -0.1) is 12.6 Å². The Hall–Kier alpha value is -0.410. The first-order chi connectivity index (χ1) is 5.22. The zero-order valence-electron chi connectivity index (χ0n) is 7.13. The summed E-state index contributed by atoms with van der Waals surface area (Å²) in [7, 11) is 1.58. The molecule has 11 heavy (non-hydrogen) atoms. The molecule has 3 heteroatoms. The summed E-state index contributed by atoms with van der Waals surface area (Å²) in [6, 6.07) is 0. The molecule has 0 heterocycles. The SMILES string of the molecule is C/C=C\C(S)=C(\C)OCOC. The molecule has 64 valence electrons. The van der Waals surface area contributed by atoms with Crippen LogP contribution in [0.2, 0.25) is 0 Å². The third kappa shape index (κ3) is 4.93. The molecule has 0 aromatic rings. The van der Waals surface area contributed by atoms with Crippen LogP contribution < -0.4 is 0 Å². The number of thiol groups is 1. The Morgan fingerprint density at radius 2 is 2.18 bits per heavy atom. The minimum Gasteiger partial charge on any atom is -0.471 e. The van der Waals surface area contributed by atoms with E-state index < -0.39 is 0 Å². The first-order valence-corrected chi connectivity index (χ1v) is 3.81. The molecule has 0 aromatic carbocycles. The Labute approximate surface area is 73.3 Å². The molecule has 0 aliphatic heterocycles. The topological polar surface area (TPSA) is 18.5 Å². The Morgan fingerprint density at radius 1 is 1.55 bits per heavy atom. The van der Waals surface area contributed by atoms with E-state index in [0.29, 0.717) is 0 Å². The zero-order chi connectivity index (χ0) is 8.69. The minimum atomic E-state index is 0.271. The summed E-state index contributed by atoms with van der Waals surface area (Å²) in [4.78, 5) is 0.824. The maximum Gasteiger partial charge on any atom is 0.188 e. The van der Waals surface area contributed by atoms with E-state index in [0.717, 1.165) is 10.7 Å². The van der Waals surface area contributed by atoms with Crippen molar-refractivity contribution in [2.24, 2.45) is 0 Å². The van der Waals surface area contributed by atoms with Crippen molar-refractivity contribution in [3.05, 3.63) is 22.8 Å². The molecule has 0 aliphatic rings. The van der Waals surface area contributed by atoms with Gasteiger partial charge in [-0.2, -0.15) is 0 Å². The van der Waals surface area contributed by atoms with Crippen molar-refractivity contribution in [2.45, 2.75) is 13.8 Å². The third-order valence-corrected chi connectivity index (χ3v) is 1.54. The van der Waals surface area contributed by atoms with E-state index >= 15 is 0 Å². The fourth-order valence-electron chi connectivity index (χ4n) is 0.496. The summed E-state index contributed by atoms with van der Waals surface area (Å²) < 4.78 is 9.86. The van der Waals surface area contributed by atoms with E-state index in [9.17, 15) is 0 Å². The molecule has 0 fully saturated rings. The molecule has 2 nitrogen and oxygen atoms in total. The monoisotopic (exact) mass is 174 g/mol. The van der Waals surface area contributed by atoms with E-state index in [1.165, 1.54) is 0 Å².